The summed E-state index contributed by atoms with van der Waals surface area (Å²) in [4.78, 5) is 33.6. The van der Waals surface area contributed by atoms with E-state index in [2.05, 4.69) is 4.98 Å². The van der Waals surface area contributed by atoms with E-state index in [1.165, 1.54) is 23.5 Å². The van der Waals surface area contributed by atoms with Crippen molar-refractivity contribution in [2.75, 3.05) is 19.6 Å². The summed E-state index contributed by atoms with van der Waals surface area (Å²) in [7, 11) is 0. The van der Waals surface area contributed by atoms with Crippen LogP contribution < -0.4 is 0 Å². The summed E-state index contributed by atoms with van der Waals surface area (Å²) in [6.07, 6.45) is 4.41. The molecule has 0 aliphatic carbocycles. The minimum absolute atomic E-state index is 0.0409. The number of halogens is 1. The zero-order valence-electron chi connectivity index (χ0n) is 15.0. The van der Waals surface area contributed by atoms with Crippen LogP contribution in [0.25, 0.3) is 0 Å². The Kier molecular flexibility index (Phi) is 5.20. The Balaban J connectivity index is 1.41. The van der Waals surface area contributed by atoms with E-state index in [1.54, 1.807) is 17.8 Å². The quantitative estimate of drug-likeness (QED) is 0.811. The minimum atomic E-state index is -0.245. The topological polar surface area (TPSA) is 53.5 Å². The molecule has 1 aromatic heterocycles. The molecule has 2 fully saturated rings. The lowest BCUT2D eigenvalue weighted by molar-refractivity contribution is -0.140. The van der Waals surface area contributed by atoms with Crippen LogP contribution in [0.3, 0.4) is 0 Å². The molecule has 2 aromatic rings. The number of hydrogen-bond donors (Lipinski definition) is 0. The molecule has 4 rings (SSSR count). The fraction of sp³-hybridized carbons (Fsp3) is 0.450. The number of fused-ring (bicyclic) bond motifs is 1. The number of rotatable bonds is 4. The summed E-state index contributed by atoms with van der Waals surface area (Å²) in [5.74, 6) is 0.278. The third-order valence-corrected chi connectivity index (χ3v) is 6.37. The van der Waals surface area contributed by atoms with E-state index in [1.807, 2.05) is 15.9 Å². The van der Waals surface area contributed by atoms with Crippen molar-refractivity contribution < 1.29 is 14.0 Å². The molecule has 2 aliphatic heterocycles. The zero-order chi connectivity index (χ0) is 18.8. The first kappa shape index (κ1) is 18.1. The predicted octanol–water partition coefficient (Wildman–Crippen LogP) is 2.98. The molecule has 7 heteroatoms. The number of carbonyl (C=O) groups excluding carboxylic acids is 2. The maximum atomic E-state index is 13.4. The Bertz CT molecular complexity index is 826. The molecule has 0 saturated carbocycles. The lowest BCUT2D eigenvalue weighted by Crippen LogP contribution is -2.57. The van der Waals surface area contributed by atoms with Gasteiger partial charge in [0.25, 0.3) is 5.91 Å². The number of aromatic nitrogens is 1. The van der Waals surface area contributed by atoms with Gasteiger partial charge in [0, 0.05) is 32.1 Å². The second-order valence-electron chi connectivity index (χ2n) is 7.24. The van der Waals surface area contributed by atoms with E-state index in [0.717, 1.165) is 18.4 Å². The van der Waals surface area contributed by atoms with E-state index in [4.69, 9.17) is 0 Å². The molecular formula is C20H22FN3O2S. The lowest BCUT2D eigenvalue weighted by Gasteiger charge is -2.47. The van der Waals surface area contributed by atoms with Gasteiger partial charge >= 0.3 is 0 Å². The molecule has 0 unspecified atom stereocenters. The van der Waals surface area contributed by atoms with E-state index >= 15 is 0 Å². The molecule has 1 aromatic carbocycles. The van der Waals surface area contributed by atoms with Crippen LogP contribution in [0.1, 0.15) is 34.5 Å². The highest BCUT2D eigenvalue weighted by Gasteiger charge is 2.40. The van der Waals surface area contributed by atoms with Gasteiger partial charge in [-0.05, 0) is 42.9 Å². The molecular weight excluding hydrogens is 365 g/mol. The summed E-state index contributed by atoms with van der Waals surface area (Å²) in [6, 6.07) is 6.73. The monoisotopic (exact) mass is 387 g/mol. The van der Waals surface area contributed by atoms with Crippen LogP contribution in [0.2, 0.25) is 0 Å². The first-order valence-corrected chi connectivity index (χ1v) is 10.2. The van der Waals surface area contributed by atoms with E-state index in [9.17, 15) is 14.0 Å². The highest BCUT2D eigenvalue weighted by atomic mass is 32.1. The molecule has 2 aliphatic rings. The van der Waals surface area contributed by atoms with Gasteiger partial charge in [-0.25, -0.2) is 4.39 Å². The molecule has 2 atom stereocenters. The Labute approximate surface area is 161 Å². The molecule has 2 saturated heterocycles. The van der Waals surface area contributed by atoms with E-state index in [0.29, 0.717) is 43.3 Å². The summed E-state index contributed by atoms with van der Waals surface area (Å²) >= 11 is 1.36. The van der Waals surface area contributed by atoms with Crippen molar-refractivity contribution in [1.29, 1.82) is 0 Å². The van der Waals surface area contributed by atoms with Gasteiger partial charge in [-0.15, -0.1) is 11.3 Å². The fourth-order valence-corrected chi connectivity index (χ4v) is 4.83. The van der Waals surface area contributed by atoms with Crippen LogP contribution in [-0.2, 0) is 11.2 Å². The van der Waals surface area contributed by atoms with Crippen LogP contribution in [0, 0.1) is 11.7 Å². The molecule has 0 radical (unpaired) electrons. The number of carbonyl (C=O) groups is 2. The maximum absolute atomic E-state index is 13.4. The predicted molar refractivity (Wildman–Crippen MR) is 101 cm³/mol. The third-order valence-electron chi connectivity index (χ3n) is 5.60. The summed E-state index contributed by atoms with van der Waals surface area (Å²) < 4.78 is 13.4. The molecule has 3 heterocycles. The molecule has 27 heavy (non-hydrogen) atoms. The van der Waals surface area contributed by atoms with E-state index in [-0.39, 0.29) is 23.7 Å². The summed E-state index contributed by atoms with van der Waals surface area (Å²) in [5, 5.41) is 0. The Morgan fingerprint density at radius 1 is 1.33 bits per heavy atom. The smallest absolute Gasteiger partial charge is 0.265 e. The second kappa shape index (κ2) is 7.76. The first-order chi connectivity index (χ1) is 13.1. The number of piperidine rings is 2. The average molecular weight is 387 g/mol. The van der Waals surface area contributed by atoms with Gasteiger partial charge in [0.15, 0.2) is 0 Å². The van der Waals surface area contributed by atoms with Crippen molar-refractivity contribution in [3.8, 4) is 0 Å². The summed E-state index contributed by atoms with van der Waals surface area (Å²) in [6.45, 7) is 1.94. The van der Waals surface area contributed by atoms with Crippen LogP contribution in [0.15, 0.2) is 36.0 Å². The maximum Gasteiger partial charge on any atom is 0.265 e. The van der Waals surface area contributed by atoms with Crippen molar-refractivity contribution in [3.05, 3.63) is 52.2 Å². The largest absolute Gasteiger partial charge is 0.339 e. The van der Waals surface area contributed by atoms with Crippen LogP contribution in [0.5, 0.6) is 0 Å². The normalized spacial score (nSPS) is 22.6. The molecule has 0 N–H and O–H groups in total. The van der Waals surface area contributed by atoms with Gasteiger partial charge < -0.3 is 9.80 Å². The van der Waals surface area contributed by atoms with Gasteiger partial charge in [-0.3, -0.25) is 14.6 Å². The van der Waals surface area contributed by atoms with Gasteiger partial charge in [0.1, 0.15) is 10.7 Å². The zero-order valence-corrected chi connectivity index (χ0v) is 15.8. The Morgan fingerprint density at radius 2 is 2.22 bits per heavy atom. The van der Waals surface area contributed by atoms with E-state index < -0.39 is 0 Å². The Hall–Kier alpha value is -2.28. The molecule has 0 spiro atoms. The van der Waals surface area contributed by atoms with Gasteiger partial charge in [-0.2, -0.15) is 0 Å². The van der Waals surface area contributed by atoms with Crippen molar-refractivity contribution in [1.82, 2.24) is 14.8 Å². The van der Waals surface area contributed by atoms with Crippen LogP contribution in [-0.4, -0.2) is 52.3 Å². The molecule has 5 nitrogen and oxygen atoms in total. The number of likely N-dealkylation sites (tertiary alicyclic amines) is 2. The molecule has 2 amide bonds. The van der Waals surface area contributed by atoms with Crippen LogP contribution in [0.4, 0.5) is 4.39 Å². The molecule has 0 bridgehead atoms. The fourth-order valence-electron chi connectivity index (χ4n) is 4.25. The van der Waals surface area contributed by atoms with Crippen molar-refractivity contribution in [2.24, 2.45) is 5.92 Å². The van der Waals surface area contributed by atoms with Crippen LogP contribution >= 0.6 is 11.3 Å². The highest BCUT2D eigenvalue weighted by Crippen LogP contribution is 2.32. The number of benzene rings is 1. The van der Waals surface area contributed by atoms with Gasteiger partial charge in [0.05, 0.1) is 11.7 Å². The third kappa shape index (κ3) is 3.88. The number of thiazole rings is 1. The van der Waals surface area contributed by atoms with Crippen molar-refractivity contribution in [2.45, 2.75) is 31.7 Å². The van der Waals surface area contributed by atoms with Gasteiger partial charge in [0.2, 0.25) is 5.91 Å². The second-order valence-corrected chi connectivity index (χ2v) is 8.13. The summed E-state index contributed by atoms with van der Waals surface area (Å²) in [5.41, 5.74) is 2.58. The lowest BCUT2D eigenvalue weighted by atomic mass is 9.83. The SMILES string of the molecule is O=C(c1cncs1)N1CC[C@H]2[C@H](CCC(=O)N2CCc2cccc(F)c2)C1. The van der Waals surface area contributed by atoms with Crippen molar-refractivity contribution in [3.63, 3.8) is 0 Å². The minimum Gasteiger partial charge on any atom is -0.339 e. The number of amides is 2. The molecule has 142 valence electrons. The Morgan fingerprint density at radius 3 is 3.00 bits per heavy atom. The average Bonchev–Trinajstić information content (AvgIpc) is 3.21. The highest BCUT2D eigenvalue weighted by molar-refractivity contribution is 7.11. The number of nitrogens with zero attached hydrogens (tertiary/aromatic N) is 3. The first-order valence-electron chi connectivity index (χ1n) is 9.33. The van der Waals surface area contributed by atoms with Gasteiger partial charge in [-0.1, -0.05) is 12.1 Å². The van der Waals surface area contributed by atoms with Crippen molar-refractivity contribution >= 4 is 23.2 Å². The standard InChI is InChI=1S/C20H22FN3O2S/c21-16-3-1-2-14(10-16)6-9-24-17-7-8-23(12-15(17)4-5-19(24)25)20(26)18-11-22-13-27-18/h1-3,10-11,13,15,17H,4-9,12H2/t15-,17+/m1/s1. The number of hydrogen-bond acceptors (Lipinski definition) is 4.